The molecular weight excluding hydrogens is 401 g/mol. The number of hydrogen-bond acceptors (Lipinski definition) is 6. The summed E-state index contributed by atoms with van der Waals surface area (Å²) in [5, 5.41) is 13.5. The lowest BCUT2D eigenvalue weighted by Gasteiger charge is -2.29. The highest BCUT2D eigenvalue weighted by Gasteiger charge is 2.22. The molecule has 4 heterocycles. The third-order valence-electron chi connectivity index (χ3n) is 5.44. The molecule has 156 valence electrons. The average Bonchev–Trinajstić information content (AvgIpc) is 2.79. The van der Waals surface area contributed by atoms with E-state index in [1.807, 2.05) is 17.0 Å². The van der Waals surface area contributed by atoms with Gasteiger partial charge in [0.15, 0.2) is 17.3 Å². The fraction of sp³-hybridized carbons (Fsp3) is 0.182. The zero-order valence-corrected chi connectivity index (χ0v) is 16.4. The Morgan fingerprint density at radius 1 is 1.13 bits per heavy atom. The van der Waals surface area contributed by atoms with Gasteiger partial charge in [-0.25, -0.2) is 14.2 Å². The van der Waals surface area contributed by atoms with Gasteiger partial charge in [0, 0.05) is 44.0 Å². The summed E-state index contributed by atoms with van der Waals surface area (Å²) in [4.78, 5) is 35.2. The quantitative estimate of drug-likeness (QED) is 0.525. The molecule has 1 fully saturated rings. The highest BCUT2D eigenvalue weighted by atomic mass is 19.1. The lowest BCUT2D eigenvalue weighted by atomic mass is 10.1. The van der Waals surface area contributed by atoms with E-state index in [1.165, 1.54) is 10.8 Å². The van der Waals surface area contributed by atoms with Crippen LogP contribution >= 0.6 is 0 Å². The fourth-order valence-electron chi connectivity index (χ4n) is 3.95. The van der Waals surface area contributed by atoms with Gasteiger partial charge in [0.1, 0.15) is 5.56 Å². The van der Waals surface area contributed by atoms with Gasteiger partial charge in [-0.05, 0) is 30.3 Å². The Balaban J connectivity index is 1.86. The summed E-state index contributed by atoms with van der Waals surface area (Å²) < 4.78 is 16.5. The second kappa shape index (κ2) is 7.44. The second-order valence-corrected chi connectivity index (χ2v) is 7.30. The maximum absolute atomic E-state index is 15.0. The van der Waals surface area contributed by atoms with Crippen molar-refractivity contribution in [1.29, 1.82) is 0 Å². The van der Waals surface area contributed by atoms with Crippen LogP contribution in [-0.4, -0.2) is 51.8 Å². The minimum Gasteiger partial charge on any atom is -0.477 e. The number of nitrogens with zero attached hydrogens (tertiary/aromatic N) is 4. The minimum atomic E-state index is -1.38. The number of carboxylic acid groups (broad SMARTS) is 1. The number of halogens is 1. The number of fused-ring (bicyclic) bond motifs is 2. The van der Waals surface area contributed by atoms with E-state index in [1.54, 1.807) is 24.4 Å². The van der Waals surface area contributed by atoms with E-state index in [2.05, 4.69) is 15.3 Å². The van der Waals surface area contributed by atoms with Gasteiger partial charge >= 0.3 is 5.97 Å². The van der Waals surface area contributed by atoms with Gasteiger partial charge in [-0.1, -0.05) is 6.07 Å². The highest BCUT2D eigenvalue weighted by molar-refractivity contribution is 5.94. The van der Waals surface area contributed by atoms with Crippen LogP contribution in [0.4, 0.5) is 10.2 Å². The maximum Gasteiger partial charge on any atom is 0.341 e. The first-order valence-corrected chi connectivity index (χ1v) is 9.83. The Morgan fingerprint density at radius 3 is 2.71 bits per heavy atom. The van der Waals surface area contributed by atoms with Gasteiger partial charge in [0.2, 0.25) is 5.43 Å². The lowest BCUT2D eigenvalue weighted by Crippen LogP contribution is -2.44. The van der Waals surface area contributed by atoms with Crippen molar-refractivity contribution in [2.45, 2.75) is 0 Å². The Kier molecular flexibility index (Phi) is 4.59. The van der Waals surface area contributed by atoms with E-state index in [4.69, 9.17) is 0 Å². The third-order valence-corrected chi connectivity index (χ3v) is 5.44. The van der Waals surface area contributed by atoms with Crippen LogP contribution in [0.3, 0.4) is 0 Å². The van der Waals surface area contributed by atoms with Crippen molar-refractivity contribution in [1.82, 2.24) is 19.9 Å². The smallest absolute Gasteiger partial charge is 0.341 e. The molecule has 5 rings (SSSR count). The number of rotatable bonds is 3. The number of piperazine rings is 1. The zero-order valence-electron chi connectivity index (χ0n) is 16.4. The van der Waals surface area contributed by atoms with Crippen molar-refractivity contribution in [3.8, 4) is 5.69 Å². The molecule has 1 aliphatic rings. The van der Waals surface area contributed by atoms with Crippen LogP contribution in [0, 0.1) is 5.82 Å². The first-order chi connectivity index (χ1) is 15.0. The maximum atomic E-state index is 15.0. The van der Waals surface area contributed by atoms with Crippen LogP contribution in [0.15, 0.2) is 53.6 Å². The van der Waals surface area contributed by atoms with E-state index < -0.39 is 22.8 Å². The normalized spacial score (nSPS) is 14.3. The van der Waals surface area contributed by atoms with E-state index in [-0.39, 0.29) is 16.9 Å². The summed E-state index contributed by atoms with van der Waals surface area (Å²) in [6.07, 6.45) is 2.91. The second-order valence-electron chi connectivity index (χ2n) is 7.30. The summed E-state index contributed by atoms with van der Waals surface area (Å²) in [6.45, 7) is 2.54. The van der Waals surface area contributed by atoms with Crippen molar-refractivity contribution >= 4 is 33.7 Å². The van der Waals surface area contributed by atoms with Gasteiger partial charge in [0.05, 0.1) is 16.6 Å². The number of nitrogens with one attached hydrogen (secondary N) is 1. The summed E-state index contributed by atoms with van der Waals surface area (Å²) >= 11 is 0. The fourth-order valence-corrected chi connectivity index (χ4v) is 3.95. The number of pyridine rings is 3. The molecule has 1 saturated heterocycles. The minimum absolute atomic E-state index is 0.0859. The topological polar surface area (TPSA) is 100 Å². The molecule has 0 saturated carbocycles. The Labute approximate surface area is 175 Å². The molecule has 1 aliphatic heterocycles. The molecule has 4 aromatic rings. The van der Waals surface area contributed by atoms with Crippen LogP contribution in [0.25, 0.3) is 27.6 Å². The molecule has 0 unspecified atom stereocenters. The number of carboxylic acids is 1. The van der Waals surface area contributed by atoms with Gasteiger partial charge in [0.25, 0.3) is 0 Å². The largest absolute Gasteiger partial charge is 0.477 e. The summed E-state index contributed by atoms with van der Waals surface area (Å²) in [6, 6.07) is 10.1. The van der Waals surface area contributed by atoms with Crippen molar-refractivity contribution in [3.05, 3.63) is 70.4 Å². The molecule has 0 radical (unpaired) electrons. The Bertz CT molecular complexity index is 1390. The molecule has 0 bridgehead atoms. The predicted molar refractivity (Wildman–Crippen MR) is 115 cm³/mol. The van der Waals surface area contributed by atoms with Crippen molar-refractivity contribution < 1.29 is 14.3 Å². The van der Waals surface area contributed by atoms with Crippen LogP contribution < -0.4 is 15.6 Å². The zero-order chi connectivity index (χ0) is 21.5. The van der Waals surface area contributed by atoms with Gasteiger partial charge in [-0.3, -0.25) is 14.3 Å². The summed E-state index contributed by atoms with van der Waals surface area (Å²) in [7, 11) is 0. The van der Waals surface area contributed by atoms with E-state index in [0.717, 1.165) is 11.5 Å². The molecule has 8 nitrogen and oxygen atoms in total. The van der Waals surface area contributed by atoms with Gasteiger partial charge in [-0.2, -0.15) is 0 Å². The Morgan fingerprint density at radius 2 is 1.94 bits per heavy atom. The molecule has 31 heavy (non-hydrogen) atoms. The molecule has 0 aliphatic carbocycles. The molecule has 0 spiro atoms. The number of anilines is 1. The first kappa shape index (κ1) is 19.1. The van der Waals surface area contributed by atoms with E-state index >= 15 is 0 Å². The van der Waals surface area contributed by atoms with E-state index in [0.29, 0.717) is 37.4 Å². The highest BCUT2D eigenvalue weighted by Crippen LogP contribution is 2.27. The number of benzene rings is 1. The molecule has 3 aromatic heterocycles. The van der Waals surface area contributed by atoms with E-state index in [9.17, 15) is 19.1 Å². The molecule has 2 N–H and O–H groups in total. The Hall–Kier alpha value is -3.85. The predicted octanol–water partition coefficient (Wildman–Crippen LogP) is 2.18. The van der Waals surface area contributed by atoms with Crippen LogP contribution in [-0.2, 0) is 0 Å². The SMILES string of the molecule is O=C(O)c1cn(-c2cccc3ncccc23)c2nc(N3CCNCC3)c(F)cc2c1=O. The first-order valence-electron chi connectivity index (χ1n) is 9.83. The molecule has 0 atom stereocenters. The molecule has 0 amide bonds. The van der Waals surface area contributed by atoms with Crippen LogP contribution in [0.1, 0.15) is 10.4 Å². The average molecular weight is 419 g/mol. The van der Waals surface area contributed by atoms with Crippen molar-refractivity contribution in [2.24, 2.45) is 0 Å². The monoisotopic (exact) mass is 419 g/mol. The van der Waals surface area contributed by atoms with Gasteiger partial charge in [-0.15, -0.1) is 0 Å². The molecule has 1 aromatic carbocycles. The number of carbonyl (C=O) groups is 1. The standard InChI is InChI=1S/C22H18FN5O3/c23-16-11-14-19(29)15(22(30)31)12-28(18-5-1-4-17-13(18)3-2-6-25-17)20(14)26-21(16)27-9-7-24-8-10-27/h1-6,11-12,24H,7-10H2,(H,30,31). The third kappa shape index (κ3) is 3.19. The molecule has 9 heteroatoms. The number of aromatic nitrogens is 3. The molecular formula is C22H18FN5O3. The summed E-state index contributed by atoms with van der Waals surface area (Å²) in [5.74, 6) is -1.89. The van der Waals surface area contributed by atoms with Crippen LogP contribution in [0.2, 0.25) is 0 Å². The van der Waals surface area contributed by atoms with Crippen molar-refractivity contribution in [2.75, 3.05) is 31.1 Å². The lowest BCUT2D eigenvalue weighted by molar-refractivity contribution is 0.0695. The number of hydrogen-bond donors (Lipinski definition) is 2. The van der Waals surface area contributed by atoms with Crippen molar-refractivity contribution in [3.63, 3.8) is 0 Å². The number of aromatic carboxylic acids is 1. The summed E-state index contributed by atoms with van der Waals surface area (Å²) in [5.41, 5.74) is 0.276. The van der Waals surface area contributed by atoms with Gasteiger partial charge < -0.3 is 15.3 Å². The van der Waals surface area contributed by atoms with Crippen LogP contribution in [0.5, 0.6) is 0 Å².